The first kappa shape index (κ1) is 18.6. The van der Waals surface area contributed by atoms with Gasteiger partial charge in [-0.05, 0) is 38.0 Å². The molecule has 0 heterocycles. The molecule has 7 heteroatoms. The number of hydrogen-bond donors (Lipinski definition) is 2. The van der Waals surface area contributed by atoms with Crippen LogP contribution in [-0.4, -0.2) is 24.6 Å². The summed E-state index contributed by atoms with van der Waals surface area (Å²) in [7, 11) is 0. The van der Waals surface area contributed by atoms with Gasteiger partial charge < -0.3 is 15.8 Å². The lowest BCUT2D eigenvalue weighted by Crippen LogP contribution is -2.53. The van der Waals surface area contributed by atoms with Crippen molar-refractivity contribution in [3.8, 4) is 5.75 Å². The average Bonchev–Trinajstić information content (AvgIpc) is 2.50. The molecule has 1 aromatic rings. The smallest absolute Gasteiger partial charge is 0.416 e. The molecule has 0 bridgehead atoms. The number of halogens is 3. The Morgan fingerprint density at radius 1 is 1.42 bits per heavy atom. The van der Waals surface area contributed by atoms with E-state index in [9.17, 15) is 18.0 Å². The van der Waals surface area contributed by atoms with E-state index in [-0.39, 0.29) is 30.7 Å². The van der Waals surface area contributed by atoms with Crippen LogP contribution in [-0.2, 0) is 11.0 Å². The van der Waals surface area contributed by atoms with Gasteiger partial charge in [-0.2, -0.15) is 13.2 Å². The Bertz CT molecular complexity index is 573. The van der Waals surface area contributed by atoms with Gasteiger partial charge in [0.1, 0.15) is 12.4 Å². The van der Waals surface area contributed by atoms with Crippen molar-refractivity contribution in [3.05, 3.63) is 29.8 Å². The first-order valence-corrected chi connectivity index (χ1v) is 8.07. The molecule has 2 atom stereocenters. The van der Waals surface area contributed by atoms with Crippen molar-refractivity contribution in [1.29, 1.82) is 0 Å². The standard InChI is InChI=1S/C17H23F3N2O2/c1-16(21)8-3-2-7-14(16)15(23)22-9-10-24-13-6-4-5-12(11-13)17(18,19)20/h4-6,11,14H,2-3,7-10,21H2,1H3,(H,22,23). The van der Waals surface area contributed by atoms with Gasteiger partial charge in [-0.15, -0.1) is 0 Å². The molecule has 0 saturated heterocycles. The number of benzene rings is 1. The lowest BCUT2D eigenvalue weighted by atomic mass is 9.74. The molecule has 2 unspecified atom stereocenters. The van der Waals surface area contributed by atoms with Crippen LogP contribution in [0.15, 0.2) is 24.3 Å². The minimum atomic E-state index is -4.40. The molecule has 2 rings (SSSR count). The third-order valence-electron chi connectivity index (χ3n) is 4.40. The van der Waals surface area contributed by atoms with E-state index in [4.69, 9.17) is 10.5 Å². The topological polar surface area (TPSA) is 64.4 Å². The Hall–Kier alpha value is -1.76. The van der Waals surface area contributed by atoms with Gasteiger partial charge in [0.15, 0.2) is 0 Å². The SMILES string of the molecule is CC1(N)CCCCC1C(=O)NCCOc1cccc(C(F)(F)F)c1. The van der Waals surface area contributed by atoms with Gasteiger partial charge in [0.05, 0.1) is 18.0 Å². The highest BCUT2D eigenvalue weighted by Gasteiger charge is 2.37. The van der Waals surface area contributed by atoms with E-state index in [2.05, 4.69) is 5.32 Å². The van der Waals surface area contributed by atoms with Crippen LogP contribution in [0.3, 0.4) is 0 Å². The Labute approximate surface area is 139 Å². The molecule has 0 radical (unpaired) electrons. The summed E-state index contributed by atoms with van der Waals surface area (Å²) in [4.78, 5) is 12.2. The Morgan fingerprint density at radius 3 is 2.83 bits per heavy atom. The maximum atomic E-state index is 12.6. The van der Waals surface area contributed by atoms with Crippen LogP contribution in [0.25, 0.3) is 0 Å². The van der Waals surface area contributed by atoms with E-state index in [0.29, 0.717) is 0 Å². The fourth-order valence-corrected chi connectivity index (χ4v) is 3.02. The third-order valence-corrected chi connectivity index (χ3v) is 4.40. The van der Waals surface area contributed by atoms with Crippen LogP contribution in [0.4, 0.5) is 13.2 Å². The molecule has 134 valence electrons. The number of carbonyl (C=O) groups is 1. The zero-order chi connectivity index (χ0) is 17.8. The van der Waals surface area contributed by atoms with Gasteiger partial charge >= 0.3 is 6.18 Å². The fourth-order valence-electron chi connectivity index (χ4n) is 3.02. The van der Waals surface area contributed by atoms with Crippen LogP contribution in [0.2, 0.25) is 0 Å². The van der Waals surface area contributed by atoms with Crippen molar-refractivity contribution in [1.82, 2.24) is 5.32 Å². The minimum absolute atomic E-state index is 0.0983. The lowest BCUT2D eigenvalue weighted by Gasteiger charge is -2.37. The zero-order valence-electron chi connectivity index (χ0n) is 13.7. The number of hydrogen-bond acceptors (Lipinski definition) is 3. The molecule has 24 heavy (non-hydrogen) atoms. The third kappa shape index (κ3) is 4.87. The Balaban J connectivity index is 1.80. The van der Waals surface area contributed by atoms with E-state index < -0.39 is 17.3 Å². The molecule has 1 amide bonds. The average molecular weight is 344 g/mol. The van der Waals surface area contributed by atoms with Crippen molar-refractivity contribution < 1.29 is 22.7 Å². The summed E-state index contributed by atoms with van der Waals surface area (Å²) in [5, 5.41) is 2.76. The monoisotopic (exact) mass is 344 g/mol. The van der Waals surface area contributed by atoms with Crippen LogP contribution in [0.5, 0.6) is 5.75 Å². The van der Waals surface area contributed by atoms with Gasteiger partial charge in [0.25, 0.3) is 0 Å². The molecule has 1 fully saturated rings. The van der Waals surface area contributed by atoms with Crippen molar-refractivity contribution in [2.24, 2.45) is 11.7 Å². The van der Waals surface area contributed by atoms with Crippen LogP contribution in [0.1, 0.15) is 38.2 Å². The second-order valence-corrected chi connectivity index (χ2v) is 6.47. The first-order chi connectivity index (χ1) is 11.2. The van der Waals surface area contributed by atoms with Crippen LogP contribution >= 0.6 is 0 Å². The zero-order valence-corrected chi connectivity index (χ0v) is 13.7. The number of ether oxygens (including phenoxy) is 1. The second kappa shape index (κ2) is 7.42. The van der Waals surface area contributed by atoms with Gasteiger partial charge in [-0.1, -0.05) is 18.9 Å². The van der Waals surface area contributed by atoms with Crippen molar-refractivity contribution >= 4 is 5.91 Å². The summed E-state index contributed by atoms with van der Waals surface area (Å²) in [6, 6.07) is 4.67. The second-order valence-electron chi connectivity index (χ2n) is 6.47. The predicted molar refractivity (Wildman–Crippen MR) is 84.5 cm³/mol. The quantitative estimate of drug-likeness (QED) is 0.807. The summed E-state index contributed by atoms with van der Waals surface area (Å²) in [6.45, 7) is 2.21. The van der Waals surface area contributed by atoms with Crippen molar-refractivity contribution in [2.75, 3.05) is 13.2 Å². The number of rotatable bonds is 5. The summed E-state index contributed by atoms with van der Waals surface area (Å²) in [5.74, 6) is -0.229. The minimum Gasteiger partial charge on any atom is -0.492 e. The molecule has 3 N–H and O–H groups in total. The van der Waals surface area contributed by atoms with Crippen LogP contribution < -0.4 is 15.8 Å². The lowest BCUT2D eigenvalue weighted by molar-refractivity contribution is -0.137. The van der Waals surface area contributed by atoms with Crippen molar-refractivity contribution in [3.63, 3.8) is 0 Å². The van der Waals surface area contributed by atoms with Gasteiger partial charge in [-0.3, -0.25) is 4.79 Å². The predicted octanol–water partition coefficient (Wildman–Crippen LogP) is 3.11. The number of alkyl halides is 3. The molecule has 0 aliphatic heterocycles. The summed E-state index contributed by atoms with van der Waals surface area (Å²) in [5.41, 5.74) is 4.91. The number of nitrogens with two attached hydrogens (primary N) is 1. The van der Waals surface area contributed by atoms with E-state index in [1.807, 2.05) is 6.92 Å². The van der Waals surface area contributed by atoms with E-state index >= 15 is 0 Å². The highest BCUT2D eigenvalue weighted by Crippen LogP contribution is 2.32. The maximum absolute atomic E-state index is 12.6. The van der Waals surface area contributed by atoms with Gasteiger partial charge in [0, 0.05) is 5.54 Å². The largest absolute Gasteiger partial charge is 0.492 e. The molecular weight excluding hydrogens is 321 g/mol. The Kier molecular flexibility index (Phi) is 5.74. The summed E-state index contributed by atoms with van der Waals surface area (Å²) >= 11 is 0. The molecular formula is C17H23F3N2O2. The number of amides is 1. The van der Waals surface area contributed by atoms with E-state index in [0.717, 1.165) is 37.8 Å². The van der Waals surface area contributed by atoms with Crippen LogP contribution in [0, 0.1) is 5.92 Å². The van der Waals surface area contributed by atoms with Gasteiger partial charge in [0.2, 0.25) is 5.91 Å². The van der Waals surface area contributed by atoms with E-state index in [1.165, 1.54) is 12.1 Å². The molecule has 1 aliphatic rings. The molecule has 0 aromatic heterocycles. The molecule has 1 saturated carbocycles. The molecule has 1 aliphatic carbocycles. The summed E-state index contributed by atoms with van der Waals surface area (Å²) in [6.07, 6.45) is -0.833. The normalized spacial score (nSPS) is 24.5. The molecule has 1 aromatic carbocycles. The van der Waals surface area contributed by atoms with Crippen molar-refractivity contribution in [2.45, 2.75) is 44.3 Å². The number of carbonyl (C=O) groups excluding carboxylic acids is 1. The van der Waals surface area contributed by atoms with E-state index in [1.54, 1.807) is 0 Å². The summed E-state index contributed by atoms with van der Waals surface area (Å²) < 4.78 is 43.1. The molecule has 0 spiro atoms. The van der Waals surface area contributed by atoms with Gasteiger partial charge in [-0.25, -0.2) is 0 Å². The number of nitrogens with one attached hydrogen (secondary N) is 1. The fraction of sp³-hybridized carbons (Fsp3) is 0.588. The Morgan fingerprint density at radius 2 is 2.17 bits per heavy atom. The first-order valence-electron chi connectivity index (χ1n) is 8.07. The highest BCUT2D eigenvalue weighted by molar-refractivity contribution is 5.80. The maximum Gasteiger partial charge on any atom is 0.416 e. The molecule has 4 nitrogen and oxygen atoms in total. The highest BCUT2D eigenvalue weighted by atomic mass is 19.4.